The number of benzene rings is 1. The largest absolute Gasteiger partial charge is 0.361 e. The summed E-state index contributed by atoms with van der Waals surface area (Å²) in [4.78, 5) is 15.7. The minimum atomic E-state index is -0.517. The van der Waals surface area contributed by atoms with Crippen LogP contribution in [0.15, 0.2) is 30.5 Å². The quantitative estimate of drug-likeness (QED) is 0.449. The van der Waals surface area contributed by atoms with Crippen molar-refractivity contribution >= 4 is 34.1 Å². The van der Waals surface area contributed by atoms with Crippen molar-refractivity contribution in [3.8, 4) is 6.07 Å². The number of nitrogens with one attached hydrogen (secondary N) is 4. The molecule has 2 aromatic rings. The molecule has 1 aromatic heterocycles. The molecule has 0 spiro atoms. The third-order valence-electron chi connectivity index (χ3n) is 3.68. The van der Waals surface area contributed by atoms with E-state index >= 15 is 0 Å². The number of carbonyl (C=O) groups is 1. The lowest BCUT2D eigenvalue weighted by atomic mass is 10.0. The number of fused-ring (bicyclic) bond motifs is 1. The molecule has 4 N–H and O–H groups in total. The lowest BCUT2D eigenvalue weighted by Crippen LogP contribution is -2.52. The molecular formula is C18H23N5OS. The van der Waals surface area contributed by atoms with E-state index in [9.17, 15) is 4.79 Å². The first-order chi connectivity index (χ1) is 12.0. The van der Waals surface area contributed by atoms with E-state index < -0.39 is 6.04 Å². The zero-order valence-electron chi connectivity index (χ0n) is 14.4. The summed E-state index contributed by atoms with van der Waals surface area (Å²) in [7, 11) is 0. The number of aromatic nitrogens is 1. The van der Waals surface area contributed by atoms with Crippen LogP contribution >= 0.6 is 12.2 Å². The van der Waals surface area contributed by atoms with Gasteiger partial charge in [-0.3, -0.25) is 4.79 Å². The average Bonchev–Trinajstić information content (AvgIpc) is 2.97. The molecule has 0 fully saturated rings. The second kappa shape index (κ2) is 9.04. The van der Waals surface area contributed by atoms with Gasteiger partial charge in [-0.25, -0.2) is 0 Å². The molecule has 0 bridgehead atoms. The summed E-state index contributed by atoms with van der Waals surface area (Å²) in [5, 5.41) is 19.1. The Labute approximate surface area is 153 Å². The number of H-pyrrole nitrogens is 1. The maximum atomic E-state index is 12.5. The Morgan fingerprint density at radius 2 is 2.08 bits per heavy atom. The zero-order valence-corrected chi connectivity index (χ0v) is 15.2. The summed E-state index contributed by atoms with van der Waals surface area (Å²) in [5.41, 5.74) is 2.07. The Balaban J connectivity index is 2.14. The predicted molar refractivity (Wildman–Crippen MR) is 103 cm³/mol. The predicted octanol–water partition coefficient (Wildman–Crippen LogP) is 1.98. The molecule has 1 heterocycles. The molecule has 132 valence electrons. The number of rotatable bonds is 7. The number of nitrogens with zero attached hydrogens (tertiary/aromatic N) is 1. The Kier molecular flexibility index (Phi) is 6.78. The van der Waals surface area contributed by atoms with Crippen LogP contribution in [0.2, 0.25) is 0 Å². The Morgan fingerprint density at radius 1 is 1.32 bits per heavy atom. The van der Waals surface area contributed by atoms with Crippen molar-refractivity contribution in [3.63, 3.8) is 0 Å². The van der Waals surface area contributed by atoms with Crippen molar-refractivity contribution in [2.24, 2.45) is 0 Å². The summed E-state index contributed by atoms with van der Waals surface area (Å²) < 4.78 is 0. The molecule has 0 aliphatic carbocycles. The zero-order chi connectivity index (χ0) is 18.2. The average molecular weight is 357 g/mol. The first-order valence-electron chi connectivity index (χ1n) is 8.28. The van der Waals surface area contributed by atoms with E-state index in [2.05, 4.69) is 20.9 Å². The third-order valence-corrected chi connectivity index (χ3v) is 3.91. The minimum Gasteiger partial charge on any atom is -0.361 e. The number of para-hydroxylation sites is 1. The number of amides is 1. The van der Waals surface area contributed by atoms with Gasteiger partial charge in [0.25, 0.3) is 0 Å². The van der Waals surface area contributed by atoms with Gasteiger partial charge in [0.05, 0.1) is 12.5 Å². The van der Waals surface area contributed by atoms with Crippen LogP contribution in [0.4, 0.5) is 0 Å². The lowest BCUT2D eigenvalue weighted by Gasteiger charge is -2.21. The highest BCUT2D eigenvalue weighted by molar-refractivity contribution is 7.80. The van der Waals surface area contributed by atoms with Crippen LogP contribution in [0.25, 0.3) is 10.9 Å². The SMILES string of the molecule is CC(C)NC(=S)NC(Cc1c[nH]c2ccccc12)C(=O)NCCC#N. The molecule has 7 heteroatoms. The van der Waals surface area contributed by atoms with Gasteiger partial charge < -0.3 is 20.9 Å². The van der Waals surface area contributed by atoms with E-state index in [-0.39, 0.29) is 18.4 Å². The smallest absolute Gasteiger partial charge is 0.242 e. The highest BCUT2D eigenvalue weighted by Gasteiger charge is 2.21. The van der Waals surface area contributed by atoms with Gasteiger partial charge in [-0.1, -0.05) is 18.2 Å². The molecule has 0 aliphatic rings. The second-order valence-electron chi connectivity index (χ2n) is 6.09. The molecule has 0 saturated heterocycles. The number of thiocarbonyl (C=S) groups is 1. The van der Waals surface area contributed by atoms with Crippen LogP contribution in [0.1, 0.15) is 25.8 Å². The summed E-state index contributed by atoms with van der Waals surface area (Å²) in [6.45, 7) is 4.29. The first-order valence-corrected chi connectivity index (χ1v) is 8.68. The van der Waals surface area contributed by atoms with Gasteiger partial charge in [-0.2, -0.15) is 5.26 Å². The summed E-state index contributed by atoms with van der Waals surface area (Å²) in [6.07, 6.45) is 2.68. The Bertz CT molecular complexity index is 777. The minimum absolute atomic E-state index is 0.173. The molecule has 25 heavy (non-hydrogen) atoms. The van der Waals surface area contributed by atoms with Crippen molar-refractivity contribution < 1.29 is 4.79 Å². The monoisotopic (exact) mass is 357 g/mol. The van der Waals surface area contributed by atoms with E-state index in [1.54, 1.807) is 0 Å². The highest BCUT2D eigenvalue weighted by Crippen LogP contribution is 2.19. The standard InChI is InChI=1S/C18H23N5OS/c1-12(2)22-18(25)23-16(17(24)20-9-5-8-19)10-13-11-21-15-7-4-3-6-14(13)15/h3-4,6-7,11-12,16,21H,5,9-10H2,1-2H3,(H,20,24)(H2,22,23,25). The van der Waals surface area contributed by atoms with E-state index in [1.165, 1.54) is 0 Å². The van der Waals surface area contributed by atoms with Gasteiger partial charge >= 0.3 is 0 Å². The fourth-order valence-corrected chi connectivity index (χ4v) is 2.93. The number of nitriles is 1. The van der Waals surface area contributed by atoms with Gasteiger partial charge in [-0.15, -0.1) is 0 Å². The van der Waals surface area contributed by atoms with Gasteiger partial charge in [0.2, 0.25) is 5.91 Å². The van der Waals surface area contributed by atoms with Crippen LogP contribution in [-0.4, -0.2) is 34.6 Å². The van der Waals surface area contributed by atoms with Crippen LogP contribution in [-0.2, 0) is 11.2 Å². The fraction of sp³-hybridized carbons (Fsp3) is 0.389. The van der Waals surface area contributed by atoms with E-state index in [4.69, 9.17) is 17.5 Å². The number of aromatic amines is 1. The van der Waals surface area contributed by atoms with Crippen molar-refractivity contribution in [2.75, 3.05) is 6.54 Å². The molecule has 1 atom stereocenters. The molecule has 0 saturated carbocycles. The molecule has 1 unspecified atom stereocenters. The Hall–Kier alpha value is -2.59. The lowest BCUT2D eigenvalue weighted by molar-refractivity contribution is -0.122. The fourth-order valence-electron chi connectivity index (χ4n) is 2.56. The van der Waals surface area contributed by atoms with Gasteiger partial charge in [0, 0.05) is 36.1 Å². The van der Waals surface area contributed by atoms with Crippen LogP contribution in [0.5, 0.6) is 0 Å². The highest BCUT2D eigenvalue weighted by atomic mass is 32.1. The van der Waals surface area contributed by atoms with Gasteiger partial charge in [-0.05, 0) is 37.7 Å². The summed E-state index contributed by atoms with van der Waals surface area (Å²) in [5.74, 6) is -0.173. The van der Waals surface area contributed by atoms with Crippen molar-refractivity contribution in [3.05, 3.63) is 36.0 Å². The first kappa shape index (κ1) is 18.7. The van der Waals surface area contributed by atoms with E-state index in [0.29, 0.717) is 18.1 Å². The van der Waals surface area contributed by atoms with Crippen LogP contribution in [0.3, 0.4) is 0 Å². The molecule has 1 aromatic carbocycles. The van der Waals surface area contributed by atoms with Gasteiger partial charge in [0.15, 0.2) is 5.11 Å². The molecule has 0 aliphatic heterocycles. The van der Waals surface area contributed by atoms with Crippen molar-refractivity contribution in [1.82, 2.24) is 20.9 Å². The van der Waals surface area contributed by atoms with E-state index in [1.807, 2.05) is 50.4 Å². The summed E-state index contributed by atoms with van der Waals surface area (Å²) in [6, 6.07) is 9.64. The topological polar surface area (TPSA) is 92.7 Å². The normalized spacial score (nSPS) is 11.8. The molecule has 6 nitrogen and oxygen atoms in total. The maximum absolute atomic E-state index is 12.5. The van der Waals surface area contributed by atoms with Crippen molar-refractivity contribution in [2.45, 2.75) is 38.8 Å². The maximum Gasteiger partial charge on any atom is 0.242 e. The van der Waals surface area contributed by atoms with Gasteiger partial charge in [0.1, 0.15) is 6.04 Å². The second-order valence-corrected chi connectivity index (χ2v) is 6.50. The van der Waals surface area contributed by atoms with E-state index in [0.717, 1.165) is 16.5 Å². The van der Waals surface area contributed by atoms with Crippen LogP contribution in [0, 0.1) is 11.3 Å². The molecule has 2 rings (SSSR count). The molecule has 1 amide bonds. The summed E-state index contributed by atoms with van der Waals surface area (Å²) >= 11 is 5.29. The molecular weight excluding hydrogens is 334 g/mol. The Morgan fingerprint density at radius 3 is 2.80 bits per heavy atom. The number of carbonyl (C=O) groups excluding carboxylic acids is 1. The number of hydrogen-bond acceptors (Lipinski definition) is 3. The third kappa shape index (κ3) is 5.47. The molecule has 0 radical (unpaired) electrons. The van der Waals surface area contributed by atoms with Crippen molar-refractivity contribution in [1.29, 1.82) is 5.26 Å². The van der Waals surface area contributed by atoms with Crippen LogP contribution < -0.4 is 16.0 Å². The number of hydrogen-bond donors (Lipinski definition) is 4.